The Morgan fingerprint density at radius 3 is 2.22 bits per heavy atom. The number of phenolic OH excluding ortho intramolecular Hbond substituents is 2. The van der Waals surface area contributed by atoms with Gasteiger partial charge in [0.2, 0.25) is 10.0 Å². The summed E-state index contributed by atoms with van der Waals surface area (Å²) in [4.78, 5) is 0.00142. The average molecular weight is 332 g/mol. The van der Waals surface area contributed by atoms with E-state index in [1.54, 1.807) is 18.2 Å². The fourth-order valence-corrected chi connectivity index (χ4v) is 2.66. The lowest BCUT2D eigenvalue weighted by atomic mass is 10.0. The number of aromatic hydroxyl groups is 2. The highest BCUT2D eigenvalue weighted by Crippen LogP contribution is 2.35. The molecule has 0 radical (unpaired) electrons. The zero-order chi connectivity index (χ0) is 16.6. The normalized spacial score (nSPS) is 11.5. The first-order valence-corrected chi connectivity index (χ1v) is 8.01. The van der Waals surface area contributed by atoms with Crippen LogP contribution in [0.2, 0.25) is 0 Å². The Morgan fingerprint density at radius 2 is 1.61 bits per heavy atom. The van der Waals surface area contributed by atoms with Gasteiger partial charge in [0.1, 0.15) is 12.0 Å². The van der Waals surface area contributed by atoms with E-state index in [4.69, 9.17) is 9.66 Å². The minimum Gasteiger partial charge on any atom is -0.504 e. The molecule has 118 valence electrons. The predicted molar refractivity (Wildman–Crippen MR) is 82.1 cm³/mol. The summed E-state index contributed by atoms with van der Waals surface area (Å²) in [5, 5.41) is 27.9. The lowest BCUT2D eigenvalue weighted by Crippen LogP contribution is -2.11. The largest absolute Gasteiger partial charge is 0.504 e. The minimum atomic E-state index is -3.76. The molecular weight excluding hydrogens is 320 g/mol. The van der Waals surface area contributed by atoms with Crippen molar-refractivity contribution < 1.29 is 23.2 Å². The number of primary sulfonamides is 1. The highest BCUT2D eigenvalue weighted by molar-refractivity contribution is 7.89. The Morgan fingerprint density at radius 1 is 0.957 bits per heavy atom. The molecule has 0 fully saturated rings. The number of benzene rings is 2. The molecule has 0 unspecified atom stereocenters. The Balaban J connectivity index is 2.05. The molecule has 2 aromatic carbocycles. The maximum Gasteiger partial charge on any atom is 0.238 e. The summed E-state index contributed by atoms with van der Waals surface area (Å²) in [5.74, 6) is -0.516. The molecule has 0 spiro atoms. The van der Waals surface area contributed by atoms with Crippen molar-refractivity contribution in [3.8, 4) is 33.9 Å². The number of sulfonamides is 1. The lowest BCUT2D eigenvalue weighted by molar-refractivity contribution is 0.403. The van der Waals surface area contributed by atoms with Crippen LogP contribution >= 0.6 is 0 Å². The van der Waals surface area contributed by atoms with Crippen molar-refractivity contribution in [2.75, 3.05) is 0 Å². The molecule has 0 amide bonds. The van der Waals surface area contributed by atoms with Crippen LogP contribution in [0.1, 0.15) is 0 Å². The topological polar surface area (TPSA) is 127 Å². The van der Waals surface area contributed by atoms with Gasteiger partial charge in [0.05, 0.1) is 4.90 Å². The number of rotatable bonds is 3. The van der Waals surface area contributed by atoms with Crippen LogP contribution in [0.3, 0.4) is 0 Å². The SMILES string of the molecule is NS(=O)(=O)c1ccc(-c2conc2-c2ccc(O)c(O)c2)cc1. The summed E-state index contributed by atoms with van der Waals surface area (Å²) in [6, 6.07) is 10.2. The first-order chi connectivity index (χ1) is 10.9. The average Bonchev–Trinajstić information content (AvgIpc) is 2.99. The maximum atomic E-state index is 11.3. The van der Waals surface area contributed by atoms with E-state index in [1.165, 1.54) is 30.5 Å². The fourth-order valence-electron chi connectivity index (χ4n) is 2.14. The monoisotopic (exact) mass is 332 g/mol. The number of nitrogens with two attached hydrogens (primary N) is 1. The van der Waals surface area contributed by atoms with Crippen LogP contribution in [-0.4, -0.2) is 23.8 Å². The van der Waals surface area contributed by atoms with Gasteiger partial charge in [-0.25, -0.2) is 13.6 Å². The molecule has 8 heteroatoms. The van der Waals surface area contributed by atoms with Gasteiger partial charge in [-0.1, -0.05) is 17.3 Å². The number of hydrogen-bond acceptors (Lipinski definition) is 6. The molecule has 1 aromatic heterocycles. The zero-order valence-corrected chi connectivity index (χ0v) is 12.5. The molecule has 1 heterocycles. The summed E-state index contributed by atoms with van der Waals surface area (Å²) < 4.78 is 27.6. The number of phenols is 2. The van der Waals surface area contributed by atoms with E-state index < -0.39 is 10.0 Å². The van der Waals surface area contributed by atoms with Gasteiger partial charge >= 0.3 is 0 Å². The molecule has 0 saturated heterocycles. The molecule has 3 rings (SSSR count). The minimum absolute atomic E-state index is 0.00142. The second-order valence-electron chi connectivity index (χ2n) is 4.85. The van der Waals surface area contributed by atoms with Gasteiger partial charge in [-0.2, -0.15) is 0 Å². The van der Waals surface area contributed by atoms with E-state index in [-0.39, 0.29) is 16.4 Å². The predicted octanol–water partition coefficient (Wildman–Crippen LogP) is 2.07. The summed E-state index contributed by atoms with van der Waals surface area (Å²) in [6.07, 6.45) is 1.41. The third kappa shape index (κ3) is 2.89. The summed E-state index contributed by atoms with van der Waals surface area (Å²) in [5.41, 5.74) is 2.26. The van der Waals surface area contributed by atoms with Gasteiger partial charge < -0.3 is 14.7 Å². The van der Waals surface area contributed by atoms with Crippen molar-refractivity contribution in [2.45, 2.75) is 4.90 Å². The second-order valence-corrected chi connectivity index (χ2v) is 6.41. The second kappa shape index (κ2) is 5.41. The quantitative estimate of drug-likeness (QED) is 0.630. The van der Waals surface area contributed by atoms with Crippen LogP contribution in [0, 0.1) is 0 Å². The van der Waals surface area contributed by atoms with Gasteiger partial charge in [0, 0.05) is 11.1 Å². The smallest absolute Gasteiger partial charge is 0.238 e. The van der Waals surface area contributed by atoms with E-state index in [9.17, 15) is 18.6 Å². The Hall–Kier alpha value is -2.84. The molecule has 0 aliphatic heterocycles. The van der Waals surface area contributed by atoms with Crippen LogP contribution in [0.5, 0.6) is 11.5 Å². The van der Waals surface area contributed by atoms with E-state index in [0.29, 0.717) is 22.4 Å². The first kappa shape index (κ1) is 15.1. The zero-order valence-electron chi connectivity index (χ0n) is 11.7. The summed E-state index contributed by atoms with van der Waals surface area (Å²) >= 11 is 0. The van der Waals surface area contributed by atoms with E-state index in [1.807, 2.05) is 0 Å². The van der Waals surface area contributed by atoms with Crippen molar-refractivity contribution in [1.29, 1.82) is 0 Å². The van der Waals surface area contributed by atoms with Crippen LogP contribution in [-0.2, 0) is 10.0 Å². The van der Waals surface area contributed by atoms with Gasteiger partial charge in [-0.15, -0.1) is 0 Å². The molecule has 0 atom stereocenters. The van der Waals surface area contributed by atoms with Gasteiger partial charge in [0.25, 0.3) is 0 Å². The standard InChI is InChI=1S/C15H12N2O5S/c16-23(20,21)11-4-1-9(2-5-11)12-8-22-17-15(12)10-3-6-13(18)14(19)7-10/h1-8,18-19H,(H2,16,20,21). The Bertz CT molecular complexity index is 962. The maximum absolute atomic E-state index is 11.3. The summed E-state index contributed by atoms with van der Waals surface area (Å²) in [6.45, 7) is 0. The Labute approximate surface area is 131 Å². The van der Waals surface area contributed by atoms with Crippen LogP contribution < -0.4 is 5.14 Å². The first-order valence-electron chi connectivity index (χ1n) is 6.46. The molecule has 0 aliphatic rings. The fraction of sp³-hybridized carbons (Fsp3) is 0. The van der Waals surface area contributed by atoms with Gasteiger partial charge in [0.15, 0.2) is 11.5 Å². The van der Waals surface area contributed by atoms with Crippen molar-refractivity contribution >= 4 is 10.0 Å². The molecule has 7 nitrogen and oxygen atoms in total. The molecule has 0 saturated carbocycles. The molecule has 0 bridgehead atoms. The van der Waals surface area contributed by atoms with Crippen molar-refractivity contribution in [2.24, 2.45) is 5.14 Å². The molecule has 0 aliphatic carbocycles. The summed E-state index contributed by atoms with van der Waals surface area (Å²) in [7, 11) is -3.76. The lowest BCUT2D eigenvalue weighted by Gasteiger charge is -2.04. The number of nitrogens with zero attached hydrogens (tertiary/aromatic N) is 1. The molecule has 3 aromatic rings. The number of hydrogen-bond donors (Lipinski definition) is 3. The third-order valence-corrected chi connectivity index (χ3v) is 4.24. The van der Waals surface area contributed by atoms with Crippen LogP contribution in [0.15, 0.2) is 58.1 Å². The number of aromatic nitrogens is 1. The van der Waals surface area contributed by atoms with E-state index >= 15 is 0 Å². The third-order valence-electron chi connectivity index (χ3n) is 3.31. The molecule has 4 N–H and O–H groups in total. The van der Waals surface area contributed by atoms with Crippen molar-refractivity contribution in [1.82, 2.24) is 5.16 Å². The van der Waals surface area contributed by atoms with E-state index in [0.717, 1.165) is 0 Å². The van der Waals surface area contributed by atoms with E-state index in [2.05, 4.69) is 5.16 Å². The van der Waals surface area contributed by atoms with Crippen molar-refractivity contribution in [3.05, 3.63) is 48.7 Å². The van der Waals surface area contributed by atoms with Gasteiger partial charge in [-0.3, -0.25) is 0 Å². The molecule has 23 heavy (non-hydrogen) atoms. The van der Waals surface area contributed by atoms with Gasteiger partial charge in [-0.05, 0) is 35.9 Å². The van der Waals surface area contributed by atoms with Crippen LogP contribution in [0.25, 0.3) is 22.4 Å². The highest BCUT2D eigenvalue weighted by Gasteiger charge is 2.15. The van der Waals surface area contributed by atoms with Crippen LogP contribution in [0.4, 0.5) is 0 Å². The molecular formula is C15H12N2O5S. The highest BCUT2D eigenvalue weighted by atomic mass is 32.2. The van der Waals surface area contributed by atoms with Crippen molar-refractivity contribution in [3.63, 3.8) is 0 Å². The Kier molecular flexibility index (Phi) is 3.55.